The number of rotatable bonds is 0. The fraction of sp³-hybridized carbons (Fsp3) is 0.828. The quantitative estimate of drug-likeness (QED) is 0.463. The molecule has 34 heavy (non-hydrogen) atoms. The molecule has 1 spiro atoms. The lowest BCUT2D eigenvalue weighted by atomic mass is 9.52. The van der Waals surface area contributed by atoms with E-state index in [0.29, 0.717) is 11.3 Å². The molecule has 7 rings (SSSR count). The zero-order valence-electron chi connectivity index (χ0n) is 22.1. The van der Waals surface area contributed by atoms with Crippen molar-refractivity contribution in [1.82, 2.24) is 20.6 Å². The van der Waals surface area contributed by atoms with Crippen LogP contribution in [-0.2, 0) is 11.2 Å². The minimum Gasteiger partial charge on any atom is -0.354 e. The second kappa shape index (κ2) is 8.45. The highest BCUT2D eigenvalue weighted by Crippen LogP contribution is 2.66. The normalized spacial score (nSPS) is 45.4. The first-order valence-electron chi connectivity index (χ1n) is 14.3. The maximum absolute atomic E-state index is 6.92. The fourth-order valence-electron chi connectivity index (χ4n) is 9.33. The number of fused-ring (bicyclic) bond motifs is 8. The predicted molar refractivity (Wildman–Crippen MR) is 136 cm³/mol. The van der Waals surface area contributed by atoms with Crippen LogP contribution < -0.4 is 5.43 Å². The largest absolute Gasteiger partial charge is 0.354 e. The van der Waals surface area contributed by atoms with Crippen LogP contribution >= 0.6 is 0 Å². The summed E-state index contributed by atoms with van der Waals surface area (Å²) in [6.07, 6.45) is 13.9. The molecule has 188 valence electrons. The van der Waals surface area contributed by atoms with Gasteiger partial charge in [-0.2, -0.15) is 5.10 Å². The molecule has 0 radical (unpaired) electrons. The monoisotopic (exact) mass is 466 g/mol. The van der Waals surface area contributed by atoms with E-state index >= 15 is 0 Å². The van der Waals surface area contributed by atoms with Gasteiger partial charge in [0.15, 0.2) is 0 Å². The van der Waals surface area contributed by atoms with Gasteiger partial charge in [-0.15, -0.1) is 0 Å². The van der Waals surface area contributed by atoms with E-state index in [1.807, 2.05) is 19.4 Å². The van der Waals surface area contributed by atoms with Crippen molar-refractivity contribution in [3.05, 3.63) is 28.6 Å². The van der Waals surface area contributed by atoms with Crippen LogP contribution in [0.2, 0.25) is 0 Å². The molecule has 7 unspecified atom stereocenters. The number of allylic oxidation sites excluding steroid dienone is 1. The molecule has 2 saturated heterocycles. The van der Waals surface area contributed by atoms with Gasteiger partial charge in [0.25, 0.3) is 0 Å². The molecule has 8 atom stereocenters. The lowest BCUT2D eigenvalue weighted by Gasteiger charge is -2.52. The van der Waals surface area contributed by atoms with Crippen molar-refractivity contribution in [2.24, 2.45) is 29.1 Å². The minimum atomic E-state index is 0.0137. The van der Waals surface area contributed by atoms with Gasteiger partial charge in [-0.3, -0.25) is 5.10 Å². The Balaban J connectivity index is 0.00000106. The smallest absolute Gasteiger partial charge is 0.124 e. The van der Waals surface area contributed by atoms with Crippen LogP contribution in [-0.4, -0.2) is 40.1 Å². The number of hydrogen-bond donors (Lipinski definition) is 2. The van der Waals surface area contributed by atoms with E-state index in [1.54, 1.807) is 11.1 Å². The topological polar surface area (TPSA) is 53.2 Å². The summed E-state index contributed by atoms with van der Waals surface area (Å²) in [5.74, 6) is 3.97. The molecule has 3 heterocycles. The second-order valence-electron chi connectivity index (χ2n) is 12.6. The summed E-state index contributed by atoms with van der Waals surface area (Å²) in [6.45, 7) is 13.6. The highest BCUT2D eigenvalue weighted by atomic mass is 16.5. The molecule has 2 N–H and O–H groups in total. The molecular weight excluding hydrogens is 420 g/mol. The van der Waals surface area contributed by atoms with Gasteiger partial charge < -0.3 is 4.74 Å². The number of ether oxygens (including phenoxy) is 1. The molecular formula is C29H46N4O. The van der Waals surface area contributed by atoms with Gasteiger partial charge in [0.05, 0.1) is 11.8 Å². The molecule has 5 heteroatoms. The molecule has 4 aliphatic carbocycles. The Morgan fingerprint density at radius 3 is 2.88 bits per heavy atom. The number of aromatic nitrogens is 2. The summed E-state index contributed by atoms with van der Waals surface area (Å²) < 4.78 is 6.92. The van der Waals surface area contributed by atoms with Crippen molar-refractivity contribution in [3.8, 4) is 0 Å². The third-order valence-corrected chi connectivity index (χ3v) is 10.9. The molecule has 5 nitrogen and oxygen atoms in total. The third kappa shape index (κ3) is 3.40. The fourth-order valence-corrected chi connectivity index (χ4v) is 9.33. The Morgan fingerprint density at radius 1 is 1.18 bits per heavy atom. The first-order valence-corrected chi connectivity index (χ1v) is 14.3. The number of H-pyrrole nitrogens is 1. The average Bonchev–Trinajstić information content (AvgIpc) is 3.52. The van der Waals surface area contributed by atoms with E-state index in [-0.39, 0.29) is 11.8 Å². The molecule has 6 aliphatic rings. The zero-order chi connectivity index (χ0) is 23.7. The number of hydrazine groups is 1. The number of nitrogens with one attached hydrogen (secondary N) is 2. The second-order valence-corrected chi connectivity index (χ2v) is 12.6. The molecule has 2 aliphatic heterocycles. The zero-order valence-corrected chi connectivity index (χ0v) is 22.1. The van der Waals surface area contributed by atoms with Gasteiger partial charge in [-0.25, -0.2) is 10.4 Å². The number of hydrogen-bond acceptors (Lipinski definition) is 4. The van der Waals surface area contributed by atoms with Gasteiger partial charge in [0.1, 0.15) is 6.23 Å². The maximum atomic E-state index is 6.92. The standard InChI is InChI=1S/C27H40N4O.C2H6/c1-16-10-25-31(14-16)29-15-27(32-25)9-6-18-19-4-5-22-21-13-28-30-24(21)7-8-26(22,3)23(19)11-20(18)17(2)12-27;1-2/h13,16,18-19,22-23,25,29H,4-12,14-15H2,1-3H3,(H,28,30);1-2H3/t16?,18?,19?,22?,23?,25?,26?,27-;/m0./s1. The Bertz CT molecular complexity index is 954. The third-order valence-electron chi connectivity index (χ3n) is 10.9. The number of aryl methyl sites for hydroxylation is 1. The highest BCUT2D eigenvalue weighted by molar-refractivity contribution is 5.34. The Morgan fingerprint density at radius 2 is 2.03 bits per heavy atom. The molecule has 0 bridgehead atoms. The van der Waals surface area contributed by atoms with Crippen molar-refractivity contribution in [3.63, 3.8) is 0 Å². The molecule has 0 aromatic carbocycles. The van der Waals surface area contributed by atoms with Crippen molar-refractivity contribution in [2.45, 2.75) is 110 Å². The summed E-state index contributed by atoms with van der Waals surface area (Å²) in [5.41, 5.74) is 10.7. The van der Waals surface area contributed by atoms with Crippen LogP contribution in [0.25, 0.3) is 0 Å². The summed E-state index contributed by atoms with van der Waals surface area (Å²) in [7, 11) is 0. The van der Waals surface area contributed by atoms with Crippen molar-refractivity contribution in [2.75, 3.05) is 13.1 Å². The molecule has 2 saturated carbocycles. The molecule has 0 amide bonds. The average molecular weight is 467 g/mol. The van der Waals surface area contributed by atoms with Gasteiger partial charge in [0, 0.05) is 18.8 Å². The molecule has 1 aromatic rings. The highest BCUT2D eigenvalue weighted by Gasteiger charge is 2.57. The number of aromatic amines is 1. The predicted octanol–water partition coefficient (Wildman–Crippen LogP) is 5.96. The lowest BCUT2D eigenvalue weighted by molar-refractivity contribution is -0.199. The lowest BCUT2D eigenvalue weighted by Crippen LogP contribution is -2.60. The molecule has 1 aromatic heterocycles. The van der Waals surface area contributed by atoms with Crippen LogP contribution in [0.5, 0.6) is 0 Å². The van der Waals surface area contributed by atoms with Crippen LogP contribution in [0.4, 0.5) is 0 Å². The van der Waals surface area contributed by atoms with Gasteiger partial charge in [-0.05, 0) is 105 Å². The van der Waals surface area contributed by atoms with Crippen molar-refractivity contribution >= 4 is 0 Å². The SMILES string of the molecule is CC.CC1=C2CC3C(CCC4c5cn[nH]c5CCC43C)C2CC[C@@]2(CNN3CC(C)CC3O2)C1. The first-order chi connectivity index (χ1) is 16.5. The minimum absolute atomic E-state index is 0.0137. The number of nitrogens with zero attached hydrogens (tertiary/aromatic N) is 2. The molecule has 4 fully saturated rings. The van der Waals surface area contributed by atoms with Crippen LogP contribution in [0.15, 0.2) is 17.3 Å². The van der Waals surface area contributed by atoms with E-state index in [2.05, 4.69) is 47.6 Å². The van der Waals surface area contributed by atoms with E-state index in [0.717, 1.165) is 43.2 Å². The summed E-state index contributed by atoms with van der Waals surface area (Å²) in [4.78, 5) is 0. The van der Waals surface area contributed by atoms with Gasteiger partial charge >= 0.3 is 0 Å². The summed E-state index contributed by atoms with van der Waals surface area (Å²) in [5, 5.41) is 10.1. The van der Waals surface area contributed by atoms with E-state index < -0.39 is 0 Å². The Labute approximate surface area is 206 Å². The van der Waals surface area contributed by atoms with Gasteiger partial charge in [-0.1, -0.05) is 38.8 Å². The van der Waals surface area contributed by atoms with Crippen LogP contribution in [0.1, 0.15) is 103 Å². The Kier molecular flexibility index (Phi) is 5.78. The first kappa shape index (κ1) is 23.2. The van der Waals surface area contributed by atoms with Crippen molar-refractivity contribution in [1.29, 1.82) is 0 Å². The summed E-state index contributed by atoms with van der Waals surface area (Å²) in [6, 6.07) is 0. The van der Waals surface area contributed by atoms with Crippen LogP contribution in [0, 0.1) is 29.1 Å². The van der Waals surface area contributed by atoms with Gasteiger partial charge in [0.2, 0.25) is 0 Å². The van der Waals surface area contributed by atoms with Crippen molar-refractivity contribution < 1.29 is 4.74 Å². The van der Waals surface area contributed by atoms with Crippen LogP contribution in [0.3, 0.4) is 0 Å². The maximum Gasteiger partial charge on any atom is 0.124 e. The summed E-state index contributed by atoms with van der Waals surface area (Å²) >= 11 is 0. The van der Waals surface area contributed by atoms with E-state index in [9.17, 15) is 0 Å². The Hall–Kier alpha value is -1.17. The van der Waals surface area contributed by atoms with E-state index in [1.165, 1.54) is 57.1 Å². The van der Waals surface area contributed by atoms with E-state index in [4.69, 9.17) is 4.74 Å².